The van der Waals surface area contributed by atoms with E-state index in [0.29, 0.717) is 17.2 Å². The van der Waals surface area contributed by atoms with Crippen molar-refractivity contribution in [3.05, 3.63) is 59.7 Å². The molecule has 30 heavy (non-hydrogen) atoms. The molecule has 2 heterocycles. The van der Waals surface area contributed by atoms with Crippen LogP contribution in [0, 0.1) is 17.7 Å². The number of anilines is 1. The zero-order valence-electron chi connectivity index (χ0n) is 17.7. The first-order chi connectivity index (χ1) is 14.6. The Bertz CT molecular complexity index is 881. The second kappa shape index (κ2) is 9.56. The van der Waals surface area contributed by atoms with Crippen LogP contribution in [0.2, 0.25) is 0 Å². The zero-order chi connectivity index (χ0) is 20.9. The van der Waals surface area contributed by atoms with Gasteiger partial charge in [0.05, 0.1) is 11.3 Å². The Balaban J connectivity index is 1.32. The van der Waals surface area contributed by atoms with Gasteiger partial charge in [0.1, 0.15) is 5.82 Å². The van der Waals surface area contributed by atoms with Crippen molar-refractivity contribution in [2.24, 2.45) is 18.9 Å². The maximum absolute atomic E-state index is 13.1. The first-order valence-electron chi connectivity index (χ1n) is 11.0. The molecule has 5 nitrogen and oxygen atoms in total. The van der Waals surface area contributed by atoms with Gasteiger partial charge in [0.25, 0.3) is 5.91 Å². The molecular weight excluding hydrogens is 379 g/mol. The molecule has 0 spiro atoms. The molecule has 1 N–H and O–H groups in total. The number of aromatic nitrogens is 2. The predicted molar refractivity (Wildman–Crippen MR) is 117 cm³/mol. The molecule has 4 rings (SSSR count). The van der Waals surface area contributed by atoms with E-state index in [4.69, 9.17) is 0 Å². The Kier molecular flexibility index (Phi) is 6.62. The van der Waals surface area contributed by atoms with Gasteiger partial charge in [0, 0.05) is 25.5 Å². The number of nitrogens with one attached hydrogen (secondary N) is 1. The lowest BCUT2D eigenvalue weighted by Crippen LogP contribution is -2.38. The molecule has 1 atom stereocenters. The number of rotatable bonds is 6. The molecule has 6 heteroatoms. The fourth-order valence-electron chi connectivity index (χ4n) is 4.64. The number of allylic oxidation sites excluding steroid dienone is 2. The van der Waals surface area contributed by atoms with E-state index in [2.05, 4.69) is 27.5 Å². The van der Waals surface area contributed by atoms with Crippen LogP contribution in [0.15, 0.2) is 42.6 Å². The molecule has 160 valence electrons. The fourth-order valence-corrected chi connectivity index (χ4v) is 4.64. The number of hydrogen-bond donors (Lipinski definition) is 1. The van der Waals surface area contributed by atoms with Crippen molar-refractivity contribution in [2.45, 2.75) is 38.5 Å². The van der Waals surface area contributed by atoms with Gasteiger partial charge in [0.15, 0.2) is 0 Å². The van der Waals surface area contributed by atoms with Crippen molar-refractivity contribution in [1.29, 1.82) is 0 Å². The van der Waals surface area contributed by atoms with Crippen LogP contribution in [0.5, 0.6) is 0 Å². The number of halogens is 1. The van der Waals surface area contributed by atoms with E-state index in [1.807, 2.05) is 7.05 Å². The third-order valence-corrected chi connectivity index (χ3v) is 6.34. The summed E-state index contributed by atoms with van der Waals surface area (Å²) in [7, 11) is 1.85. The normalized spacial score (nSPS) is 20.4. The summed E-state index contributed by atoms with van der Waals surface area (Å²) in [6, 6.07) is 5.83. The average molecular weight is 411 g/mol. The molecule has 2 aliphatic rings. The highest BCUT2D eigenvalue weighted by molar-refractivity contribution is 6.04. The molecular formula is C24H31FN4O. The van der Waals surface area contributed by atoms with E-state index in [-0.39, 0.29) is 11.7 Å². The topological polar surface area (TPSA) is 50.2 Å². The minimum atomic E-state index is -0.318. The van der Waals surface area contributed by atoms with E-state index in [0.717, 1.165) is 44.0 Å². The summed E-state index contributed by atoms with van der Waals surface area (Å²) < 4.78 is 14.8. The minimum Gasteiger partial charge on any atom is -0.322 e. The molecule has 1 amide bonds. The molecule has 0 saturated carbocycles. The van der Waals surface area contributed by atoms with Crippen LogP contribution in [-0.4, -0.2) is 40.2 Å². The highest BCUT2D eigenvalue weighted by Gasteiger charge is 2.25. The summed E-state index contributed by atoms with van der Waals surface area (Å²) in [5, 5.41) is 7.43. The Morgan fingerprint density at radius 1 is 1.13 bits per heavy atom. The van der Waals surface area contributed by atoms with Crippen molar-refractivity contribution < 1.29 is 9.18 Å². The monoisotopic (exact) mass is 410 g/mol. The Hall–Kier alpha value is -2.47. The highest BCUT2D eigenvalue weighted by atomic mass is 19.1. The molecule has 2 aromatic rings. The van der Waals surface area contributed by atoms with Crippen LogP contribution in [0.3, 0.4) is 0 Å². The first-order valence-corrected chi connectivity index (χ1v) is 11.0. The van der Waals surface area contributed by atoms with Gasteiger partial charge >= 0.3 is 0 Å². The maximum Gasteiger partial charge on any atom is 0.259 e. The number of carbonyl (C=O) groups is 1. The maximum atomic E-state index is 13.1. The van der Waals surface area contributed by atoms with Crippen molar-refractivity contribution >= 4 is 11.6 Å². The number of piperidine rings is 1. The van der Waals surface area contributed by atoms with Gasteiger partial charge < -0.3 is 10.2 Å². The lowest BCUT2D eigenvalue weighted by molar-refractivity contribution is 0.102. The molecule has 0 bridgehead atoms. The Labute approximate surface area is 178 Å². The van der Waals surface area contributed by atoms with Gasteiger partial charge in [-0.15, -0.1) is 0 Å². The minimum absolute atomic E-state index is 0.188. The van der Waals surface area contributed by atoms with Crippen LogP contribution >= 0.6 is 0 Å². The van der Waals surface area contributed by atoms with E-state index in [9.17, 15) is 9.18 Å². The van der Waals surface area contributed by atoms with Crippen molar-refractivity contribution in [1.82, 2.24) is 14.7 Å². The van der Waals surface area contributed by atoms with Gasteiger partial charge in [-0.05, 0) is 87.7 Å². The van der Waals surface area contributed by atoms with Gasteiger partial charge in [-0.25, -0.2) is 4.39 Å². The first kappa shape index (κ1) is 20.8. The molecule has 1 aromatic carbocycles. The Morgan fingerprint density at radius 2 is 1.90 bits per heavy atom. The van der Waals surface area contributed by atoms with Crippen LogP contribution in [0.1, 0.15) is 48.2 Å². The van der Waals surface area contributed by atoms with Crippen LogP contribution < -0.4 is 5.32 Å². The lowest BCUT2D eigenvalue weighted by atomic mass is 9.89. The Morgan fingerprint density at radius 3 is 2.60 bits per heavy atom. The summed E-state index contributed by atoms with van der Waals surface area (Å²) in [5.74, 6) is 0.859. The largest absolute Gasteiger partial charge is 0.322 e. The van der Waals surface area contributed by atoms with Crippen molar-refractivity contribution in [2.75, 3.05) is 25.0 Å². The van der Waals surface area contributed by atoms with E-state index in [1.165, 1.54) is 37.9 Å². The van der Waals surface area contributed by atoms with E-state index in [1.54, 1.807) is 23.0 Å². The lowest BCUT2D eigenvalue weighted by Gasteiger charge is -2.34. The smallest absolute Gasteiger partial charge is 0.259 e. The number of hydrogen-bond acceptors (Lipinski definition) is 3. The van der Waals surface area contributed by atoms with E-state index < -0.39 is 0 Å². The van der Waals surface area contributed by atoms with Crippen LogP contribution in [0.4, 0.5) is 10.1 Å². The molecule has 1 aliphatic heterocycles. The van der Waals surface area contributed by atoms with Gasteiger partial charge in [-0.3, -0.25) is 9.48 Å². The molecule has 1 aliphatic carbocycles. The highest BCUT2D eigenvalue weighted by Crippen LogP contribution is 2.26. The summed E-state index contributed by atoms with van der Waals surface area (Å²) in [5.41, 5.74) is 2.05. The van der Waals surface area contributed by atoms with Crippen LogP contribution in [-0.2, 0) is 13.5 Å². The van der Waals surface area contributed by atoms with Crippen LogP contribution in [0.25, 0.3) is 0 Å². The van der Waals surface area contributed by atoms with Crippen molar-refractivity contribution in [3.8, 4) is 0 Å². The van der Waals surface area contributed by atoms with Gasteiger partial charge in [0.2, 0.25) is 0 Å². The van der Waals surface area contributed by atoms with Gasteiger partial charge in [-0.2, -0.15) is 5.10 Å². The number of likely N-dealkylation sites (tertiary alicyclic amines) is 1. The zero-order valence-corrected chi connectivity index (χ0v) is 17.7. The van der Waals surface area contributed by atoms with E-state index >= 15 is 0 Å². The second-order valence-corrected chi connectivity index (χ2v) is 8.72. The summed E-state index contributed by atoms with van der Waals surface area (Å²) >= 11 is 0. The summed E-state index contributed by atoms with van der Waals surface area (Å²) in [4.78, 5) is 15.4. The summed E-state index contributed by atoms with van der Waals surface area (Å²) in [6.07, 6.45) is 13.3. The quantitative estimate of drug-likeness (QED) is 0.717. The average Bonchev–Trinajstić information content (AvgIpc) is 3.12. The van der Waals surface area contributed by atoms with Crippen molar-refractivity contribution in [3.63, 3.8) is 0 Å². The number of benzene rings is 1. The standard InChI is InChI=1S/C24H31FN4O/c1-28-17-22(24(30)26-21-9-7-20(25)8-10-21)23(27-28)15-18-11-13-29(14-12-18)16-19-5-3-2-4-6-19/h2-3,7-10,17-19H,4-6,11-16H2,1H3,(H,26,30)/t19-/m1/s1. The summed E-state index contributed by atoms with van der Waals surface area (Å²) in [6.45, 7) is 3.48. The number of nitrogens with zero attached hydrogens (tertiary/aromatic N) is 3. The fraction of sp³-hybridized carbons (Fsp3) is 0.500. The predicted octanol–water partition coefficient (Wildman–Crippen LogP) is 4.42. The number of amides is 1. The molecule has 1 saturated heterocycles. The third kappa shape index (κ3) is 5.36. The molecule has 1 aromatic heterocycles. The molecule has 1 fully saturated rings. The SMILES string of the molecule is Cn1cc(C(=O)Nc2ccc(F)cc2)c(CC2CCN(C[C@@H]3CC=CCC3)CC2)n1. The number of aryl methyl sites for hydroxylation is 1. The molecule has 0 radical (unpaired) electrons. The molecule has 0 unspecified atom stereocenters. The second-order valence-electron chi connectivity index (χ2n) is 8.72. The number of carbonyl (C=O) groups excluding carboxylic acids is 1. The van der Waals surface area contributed by atoms with Gasteiger partial charge in [-0.1, -0.05) is 12.2 Å². The third-order valence-electron chi connectivity index (χ3n) is 6.34.